The Bertz CT molecular complexity index is 942. The lowest BCUT2D eigenvalue weighted by molar-refractivity contribution is -0.118. The summed E-state index contributed by atoms with van der Waals surface area (Å²) in [7, 11) is 0. The molecular formula is C18H16ClN3OS2. The van der Waals surface area contributed by atoms with Crippen molar-refractivity contribution in [3.8, 4) is 10.6 Å². The van der Waals surface area contributed by atoms with Crippen LogP contribution in [0.1, 0.15) is 29.1 Å². The molecule has 7 heteroatoms. The Labute approximate surface area is 158 Å². The van der Waals surface area contributed by atoms with E-state index in [1.54, 1.807) is 11.3 Å². The second kappa shape index (κ2) is 6.20. The Morgan fingerprint density at radius 2 is 1.92 bits per heavy atom. The van der Waals surface area contributed by atoms with Crippen LogP contribution in [0, 0.1) is 13.8 Å². The van der Waals surface area contributed by atoms with E-state index in [9.17, 15) is 4.79 Å². The summed E-state index contributed by atoms with van der Waals surface area (Å²) in [5.41, 5.74) is 2.43. The summed E-state index contributed by atoms with van der Waals surface area (Å²) in [6.45, 7) is 3.97. The number of aromatic nitrogens is 2. The minimum atomic E-state index is -0.437. The summed E-state index contributed by atoms with van der Waals surface area (Å²) >= 11 is 9.02. The number of carbonyl (C=O) groups is 1. The third kappa shape index (κ3) is 3.10. The number of hydrogen-bond donors (Lipinski definition) is 1. The van der Waals surface area contributed by atoms with E-state index in [0.29, 0.717) is 10.2 Å². The van der Waals surface area contributed by atoms with Gasteiger partial charge < -0.3 is 5.32 Å². The van der Waals surface area contributed by atoms with Crippen molar-refractivity contribution in [1.29, 1.82) is 0 Å². The van der Waals surface area contributed by atoms with E-state index in [0.717, 1.165) is 39.7 Å². The molecule has 0 atom stereocenters. The van der Waals surface area contributed by atoms with Gasteiger partial charge in [0.05, 0.1) is 26.7 Å². The van der Waals surface area contributed by atoms with Gasteiger partial charge in [0.2, 0.25) is 5.91 Å². The average Bonchev–Trinajstić information content (AvgIpc) is 3.15. The highest BCUT2D eigenvalue weighted by Gasteiger charge is 2.51. The molecule has 128 valence electrons. The number of anilines is 1. The monoisotopic (exact) mass is 389 g/mol. The molecule has 0 spiro atoms. The highest BCUT2D eigenvalue weighted by atomic mass is 35.5. The van der Waals surface area contributed by atoms with E-state index in [-0.39, 0.29) is 5.91 Å². The molecule has 1 aromatic carbocycles. The first kappa shape index (κ1) is 16.7. The third-order valence-corrected chi connectivity index (χ3v) is 6.55. The maximum absolute atomic E-state index is 12.8. The van der Waals surface area contributed by atoms with Crippen molar-refractivity contribution in [2.45, 2.75) is 32.1 Å². The molecule has 1 saturated carbocycles. The first-order valence-electron chi connectivity index (χ1n) is 7.95. The van der Waals surface area contributed by atoms with Gasteiger partial charge in [-0.3, -0.25) is 4.79 Å². The molecule has 1 aliphatic carbocycles. The molecule has 0 unspecified atom stereocenters. The molecule has 1 N–H and O–H groups in total. The predicted octanol–water partition coefficient (Wildman–Crippen LogP) is 5.21. The van der Waals surface area contributed by atoms with Gasteiger partial charge in [0.1, 0.15) is 0 Å². The van der Waals surface area contributed by atoms with E-state index in [1.807, 2.05) is 43.5 Å². The van der Waals surface area contributed by atoms with Crippen molar-refractivity contribution < 1.29 is 4.79 Å². The van der Waals surface area contributed by atoms with Crippen LogP contribution in [0.2, 0.25) is 5.02 Å². The Morgan fingerprint density at radius 1 is 1.20 bits per heavy atom. The van der Waals surface area contributed by atoms with Crippen LogP contribution >= 0.6 is 34.3 Å². The summed E-state index contributed by atoms with van der Waals surface area (Å²) in [6.07, 6.45) is 1.71. The van der Waals surface area contributed by atoms with E-state index < -0.39 is 5.41 Å². The average molecular weight is 390 g/mol. The third-order valence-electron chi connectivity index (χ3n) is 4.44. The standard InChI is InChI=1S/C18H16ClN3OS2/c1-10-15(25-11(2)20-10)14-9-24-17(21-14)22-16(23)18(7-8-18)12-3-5-13(19)6-4-12/h3-6,9H,7-8H2,1-2H3,(H,21,22,23). The van der Waals surface area contributed by atoms with Crippen LogP contribution < -0.4 is 5.32 Å². The first-order chi connectivity index (χ1) is 12.0. The van der Waals surface area contributed by atoms with Crippen molar-refractivity contribution in [2.75, 3.05) is 5.32 Å². The van der Waals surface area contributed by atoms with Gasteiger partial charge in [-0.2, -0.15) is 0 Å². The Morgan fingerprint density at radius 3 is 2.52 bits per heavy atom. The van der Waals surface area contributed by atoms with Crippen LogP contribution in [0.15, 0.2) is 29.6 Å². The van der Waals surface area contributed by atoms with Gasteiger partial charge in [-0.25, -0.2) is 9.97 Å². The number of hydrogen-bond acceptors (Lipinski definition) is 5. The first-order valence-corrected chi connectivity index (χ1v) is 10.0. The van der Waals surface area contributed by atoms with Gasteiger partial charge in [0.15, 0.2) is 5.13 Å². The van der Waals surface area contributed by atoms with Crippen molar-refractivity contribution in [1.82, 2.24) is 9.97 Å². The largest absolute Gasteiger partial charge is 0.301 e. The summed E-state index contributed by atoms with van der Waals surface area (Å²) < 4.78 is 0. The van der Waals surface area contributed by atoms with Gasteiger partial charge in [0, 0.05) is 10.4 Å². The zero-order valence-electron chi connectivity index (χ0n) is 13.8. The van der Waals surface area contributed by atoms with Crippen LogP contribution in [-0.2, 0) is 10.2 Å². The fraction of sp³-hybridized carbons (Fsp3) is 0.278. The molecule has 2 heterocycles. The van der Waals surface area contributed by atoms with Crippen LogP contribution in [0.25, 0.3) is 10.6 Å². The maximum Gasteiger partial charge on any atom is 0.236 e. The molecular weight excluding hydrogens is 374 g/mol. The number of nitrogens with one attached hydrogen (secondary N) is 1. The van der Waals surface area contributed by atoms with Crippen LogP contribution in [-0.4, -0.2) is 15.9 Å². The fourth-order valence-corrected chi connectivity index (χ4v) is 4.74. The van der Waals surface area contributed by atoms with E-state index in [2.05, 4.69) is 15.3 Å². The molecule has 2 aromatic heterocycles. The molecule has 0 radical (unpaired) electrons. The highest BCUT2D eigenvalue weighted by molar-refractivity contribution is 7.16. The molecule has 0 saturated heterocycles. The minimum Gasteiger partial charge on any atom is -0.301 e. The Hall–Kier alpha value is -1.76. The van der Waals surface area contributed by atoms with E-state index in [1.165, 1.54) is 11.3 Å². The zero-order chi connectivity index (χ0) is 17.6. The molecule has 4 nitrogen and oxygen atoms in total. The lowest BCUT2D eigenvalue weighted by Crippen LogP contribution is -2.27. The van der Waals surface area contributed by atoms with Crippen LogP contribution in [0.5, 0.6) is 0 Å². The summed E-state index contributed by atoms with van der Waals surface area (Å²) in [5, 5.41) is 7.29. The van der Waals surface area contributed by atoms with Gasteiger partial charge in [-0.1, -0.05) is 23.7 Å². The SMILES string of the molecule is Cc1nc(C)c(-c2csc(NC(=O)C3(c4ccc(Cl)cc4)CC3)n2)s1. The number of thiazole rings is 2. The van der Waals surface area contributed by atoms with Gasteiger partial charge >= 0.3 is 0 Å². The molecule has 1 fully saturated rings. The number of halogens is 1. The molecule has 1 amide bonds. The number of amides is 1. The summed E-state index contributed by atoms with van der Waals surface area (Å²) in [6, 6.07) is 7.54. The molecule has 1 aliphatic rings. The molecule has 0 bridgehead atoms. The van der Waals surface area contributed by atoms with E-state index in [4.69, 9.17) is 11.6 Å². The number of rotatable bonds is 4. The van der Waals surface area contributed by atoms with Gasteiger partial charge in [-0.05, 0) is 44.4 Å². The van der Waals surface area contributed by atoms with Gasteiger partial charge in [0.25, 0.3) is 0 Å². The normalized spacial score (nSPS) is 15.2. The number of carbonyl (C=O) groups excluding carboxylic acids is 1. The lowest BCUT2D eigenvalue weighted by atomic mass is 9.95. The number of aryl methyl sites for hydroxylation is 2. The quantitative estimate of drug-likeness (QED) is 0.666. The molecule has 0 aliphatic heterocycles. The molecule has 25 heavy (non-hydrogen) atoms. The van der Waals surface area contributed by atoms with Crippen molar-refractivity contribution in [2.24, 2.45) is 0 Å². The second-order valence-corrected chi connectivity index (χ2v) is 8.73. The summed E-state index contributed by atoms with van der Waals surface area (Å²) in [5.74, 6) is 0.00734. The smallest absolute Gasteiger partial charge is 0.236 e. The Kier molecular flexibility index (Phi) is 4.14. The second-order valence-electron chi connectivity index (χ2n) is 6.23. The van der Waals surface area contributed by atoms with Crippen molar-refractivity contribution in [3.63, 3.8) is 0 Å². The predicted molar refractivity (Wildman–Crippen MR) is 104 cm³/mol. The number of nitrogens with zero attached hydrogens (tertiary/aromatic N) is 2. The van der Waals surface area contributed by atoms with Crippen molar-refractivity contribution in [3.05, 3.63) is 50.9 Å². The van der Waals surface area contributed by atoms with Crippen molar-refractivity contribution >= 4 is 45.3 Å². The minimum absolute atomic E-state index is 0.00734. The maximum atomic E-state index is 12.8. The Balaban J connectivity index is 1.54. The fourth-order valence-electron chi connectivity index (χ4n) is 2.96. The van der Waals surface area contributed by atoms with E-state index >= 15 is 0 Å². The molecule has 3 aromatic rings. The number of benzene rings is 1. The van der Waals surface area contributed by atoms with Gasteiger partial charge in [-0.15, -0.1) is 22.7 Å². The lowest BCUT2D eigenvalue weighted by Gasteiger charge is -2.14. The van der Waals surface area contributed by atoms with Crippen LogP contribution in [0.4, 0.5) is 5.13 Å². The highest BCUT2D eigenvalue weighted by Crippen LogP contribution is 2.49. The summed E-state index contributed by atoms with van der Waals surface area (Å²) in [4.78, 5) is 22.9. The molecule has 4 rings (SSSR count). The topological polar surface area (TPSA) is 54.9 Å². The van der Waals surface area contributed by atoms with Crippen LogP contribution in [0.3, 0.4) is 0 Å². The zero-order valence-corrected chi connectivity index (χ0v) is 16.2.